The van der Waals surface area contributed by atoms with Crippen molar-refractivity contribution in [1.29, 1.82) is 0 Å². The summed E-state index contributed by atoms with van der Waals surface area (Å²) >= 11 is 0. The molecule has 0 fully saturated rings. The number of carbonyl (C=O) groups excluding carboxylic acids is 1. The summed E-state index contributed by atoms with van der Waals surface area (Å²) in [7, 11) is 0. The lowest BCUT2D eigenvalue weighted by Gasteiger charge is -1.95. The van der Waals surface area contributed by atoms with Gasteiger partial charge in [-0.2, -0.15) is 0 Å². The highest BCUT2D eigenvalue weighted by Gasteiger charge is 1.96. The summed E-state index contributed by atoms with van der Waals surface area (Å²) in [5.41, 5.74) is 1.57. The number of ketones is 1. The van der Waals surface area contributed by atoms with E-state index in [2.05, 4.69) is 4.99 Å². The first kappa shape index (κ1) is 10.4. The Bertz CT molecular complexity index is 360. The van der Waals surface area contributed by atoms with Crippen molar-refractivity contribution in [2.45, 2.75) is 13.8 Å². The molecule has 0 N–H and O–H groups in total. The molecule has 1 aromatic rings. The molecule has 2 nitrogen and oxygen atoms in total. The summed E-state index contributed by atoms with van der Waals surface area (Å²) in [5.74, 6) is 0.0778. The van der Waals surface area contributed by atoms with Gasteiger partial charge in [0.2, 0.25) is 0 Å². The van der Waals surface area contributed by atoms with E-state index in [0.29, 0.717) is 0 Å². The molecule has 0 aliphatic carbocycles. The lowest BCUT2D eigenvalue weighted by Crippen LogP contribution is -1.89. The zero-order chi connectivity index (χ0) is 10.4. The van der Waals surface area contributed by atoms with Crippen molar-refractivity contribution in [3.05, 3.63) is 42.0 Å². The average molecular weight is 187 g/mol. The van der Waals surface area contributed by atoms with Crippen molar-refractivity contribution >= 4 is 17.7 Å². The van der Waals surface area contributed by atoms with Crippen molar-refractivity contribution in [3.8, 4) is 0 Å². The molecule has 0 saturated heterocycles. The number of carbonyl (C=O) groups is 1. The van der Waals surface area contributed by atoms with E-state index in [1.165, 1.54) is 0 Å². The normalized spacial score (nSPS) is 11.3. The first-order valence-corrected chi connectivity index (χ1v) is 4.50. The molecule has 1 aromatic carbocycles. The van der Waals surface area contributed by atoms with Gasteiger partial charge in [0.1, 0.15) is 0 Å². The van der Waals surface area contributed by atoms with Crippen LogP contribution in [0.25, 0.3) is 0 Å². The Morgan fingerprint density at radius 2 is 1.93 bits per heavy atom. The van der Waals surface area contributed by atoms with Gasteiger partial charge >= 0.3 is 0 Å². The van der Waals surface area contributed by atoms with Gasteiger partial charge in [0.25, 0.3) is 0 Å². The van der Waals surface area contributed by atoms with Crippen LogP contribution in [-0.4, -0.2) is 12.0 Å². The molecule has 0 spiro atoms. The molecule has 0 radical (unpaired) electrons. The summed E-state index contributed by atoms with van der Waals surface area (Å²) in [4.78, 5) is 15.1. The molecular formula is C12H13NO. The monoisotopic (exact) mass is 187 g/mol. The van der Waals surface area contributed by atoms with Crippen molar-refractivity contribution < 1.29 is 4.79 Å². The Kier molecular flexibility index (Phi) is 3.80. The SMILES string of the molecule is C/C=C/C=Nc1ccc(C(C)=O)cc1. The van der Waals surface area contributed by atoms with Crippen LogP contribution in [0.5, 0.6) is 0 Å². The van der Waals surface area contributed by atoms with Crippen LogP contribution in [0, 0.1) is 0 Å². The number of nitrogens with zero attached hydrogens (tertiary/aromatic N) is 1. The lowest BCUT2D eigenvalue weighted by atomic mass is 10.1. The Morgan fingerprint density at radius 1 is 1.29 bits per heavy atom. The Balaban J connectivity index is 2.78. The number of Topliss-reactive ketones (excluding diaryl/α,β-unsaturated/α-hetero) is 1. The molecule has 0 unspecified atom stereocenters. The minimum atomic E-state index is 0.0778. The standard InChI is InChI=1S/C12H13NO/c1-3-4-9-13-12-7-5-11(6-8-12)10(2)14/h3-9H,1-2H3/b4-3+,13-9?. The van der Waals surface area contributed by atoms with Crippen LogP contribution < -0.4 is 0 Å². The van der Waals surface area contributed by atoms with Crippen LogP contribution in [0.4, 0.5) is 5.69 Å². The number of rotatable bonds is 3. The fraction of sp³-hybridized carbons (Fsp3) is 0.167. The molecule has 0 bridgehead atoms. The number of hydrogen-bond donors (Lipinski definition) is 0. The summed E-state index contributed by atoms with van der Waals surface area (Å²) in [5, 5.41) is 0. The lowest BCUT2D eigenvalue weighted by molar-refractivity contribution is 0.101. The van der Waals surface area contributed by atoms with Gasteiger partial charge in [-0.25, -0.2) is 0 Å². The maximum Gasteiger partial charge on any atom is 0.159 e. The van der Waals surface area contributed by atoms with E-state index >= 15 is 0 Å². The smallest absolute Gasteiger partial charge is 0.159 e. The molecule has 0 saturated carbocycles. The quantitative estimate of drug-likeness (QED) is 0.528. The van der Waals surface area contributed by atoms with E-state index < -0.39 is 0 Å². The maximum absolute atomic E-state index is 11.0. The topological polar surface area (TPSA) is 29.4 Å². The summed E-state index contributed by atoms with van der Waals surface area (Å²) in [6.45, 7) is 3.49. The van der Waals surface area contributed by atoms with E-state index in [0.717, 1.165) is 11.3 Å². The van der Waals surface area contributed by atoms with Gasteiger partial charge < -0.3 is 0 Å². The summed E-state index contributed by atoms with van der Waals surface area (Å²) < 4.78 is 0. The minimum Gasteiger partial charge on any atom is -0.295 e. The van der Waals surface area contributed by atoms with Crippen molar-refractivity contribution in [2.24, 2.45) is 4.99 Å². The van der Waals surface area contributed by atoms with Gasteiger partial charge in [0, 0.05) is 11.8 Å². The second kappa shape index (κ2) is 5.12. The van der Waals surface area contributed by atoms with Crippen LogP contribution in [0.2, 0.25) is 0 Å². The molecule has 14 heavy (non-hydrogen) atoms. The van der Waals surface area contributed by atoms with Gasteiger partial charge in [0.05, 0.1) is 5.69 Å². The summed E-state index contributed by atoms with van der Waals surface area (Å²) in [6.07, 6.45) is 5.50. The molecule has 2 heteroatoms. The van der Waals surface area contributed by atoms with Crippen LogP contribution in [0.1, 0.15) is 24.2 Å². The van der Waals surface area contributed by atoms with Gasteiger partial charge in [-0.05, 0) is 44.2 Å². The molecule has 1 rings (SSSR count). The second-order valence-corrected chi connectivity index (χ2v) is 2.91. The van der Waals surface area contributed by atoms with E-state index in [1.54, 1.807) is 25.3 Å². The first-order chi connectivity index (χ1) is 6.74. The molecule has 0 atom stereocenters. The van der Waals surface area contributed by atoms with E-state index in [-0.39, 0.29) is 5.78 Å². The number of benzene rings is 1. The number of aliphatic imine (C=N–C) groups is 1. The number of hydrogen-bond acceptors (Lipinski definition) is 2. The molecule has 0 aliphatic heterocycles. The molecule has 0 heterocycles. The Morgan fingerprint density at radius 3 is 2.43 bits per heavy atom. The maximum atomic E-state index is 11.0. The first-order valence-electron chi connectivity index (χ1n) is 4.50. The largest absolute Gasteiger partial charge is 0.295 e. The molecule has 0 amide bonds. The highest BCUT2D eigenvalue weighted by Crippen LogP contribution is 2.12. The van der Waals surface area contributed by atoms with E-state index in [4.69, 9.17) is 0 Å². The van der Waals surface area contributed by atoms with Crippen molar-refractivity contribution in [1.82, 2.24) is 0 Å². The van der Waals surface area contributed by atoms with Crippen LogP contribution in [0.3, 0.4) is 0 Å². The Labute approximate surface area is 84.0 Å². The summed E-state index contributed by atoms with van der Waals surface area (Å²) in [6, 6.07) is 7.22. The highest BCUT2D eigenvalue weighted by atomic mass is 16.1. The van der Waals surface area contributed by atoms with Crippen LogP contribution in [0.15, 0.2) is 41.4 Å². The third-order valence-electron chi connectivity index (χ3n) is 1.78. The Hall–Kier alpha value is -1.70. The number of allylic oxidation sites excluding steroid dienone is 2. The minimum absolute atomic E-state index is 0.0778. The van der Waals surface area contributed by atoms with Gasteiger partial charge in [-0.3, -0.25) is 9.79 Å². The van der Waals surface area contributed by atoms with Gasteiger partial charge in [0.15, 0.2) is 5.78 Å². The van der Waals surface area contributed by atoms with Crippen molar-refractivity contribution in [2.75, 3.05) is 0 Å². The van der Waals surface area contributed by atoms with Gasteiger partial charge in [-0.1, -0.05) is 6.08 Å². The zero-order valence-corrected chi connectivity index (χ0v) is 8.40. The van der Waals surface area contributed by atoms with Crippen LogP contribution in [-0.2, 0) is 0 Å². The predicted molar refractivity (Wildman–Crippen MR) is 59.4 cm³/mol. The average Bonchev–Trinajstić information content (AvgIpc) is 2.19. The van der Waals surface area contributed by atoms with Gasteiger partial charge in [-0.15, -0.1) is 0 Å². The third kappa shape index (κ3) is 2.98. The third-order valence-corrected chi connectivity index (χ3v) is 1.78. The van der Waals surface area contributed by atoms with E-state index in [9.17, 15) is 4.79 Å². The fourth-order valence-corrected chi connectivity index (χ4v) is 0.997. The van der Waals surface area contributed by atoms with E-state index in [1.807, 2.05) is 31.2 Å². The second-order valence-electron chi connectivity index (χ2n) is 2.91. The van der Waals surface area contributed by atoms with Crippen LogP contribution >= 0.6 is 0 Å². The highest BCUT2D eigenvalue weighted by molar-refractivity contribution is 5.94. The predicted octanol–water partition coefficient (Wildman–Crippen LogP) is 3.17. The molecular weight excluding hydrogens is 174 g/mol. The fourth-order valence-electron chi connectivity index (χ4n) is 0.997. The molecule has 72 valence electrons. The molecule has 0 aliphatic rings. The van der Waals surface area contributed by atoms with Crippen molar-refractivity contribution in [3.63, 3.8) is 0 Å². The molecule has 0 aromatic heterocycles. The zero-order valence-electron chi connectivity index (χ0n) is 8.40.